The molecule has 0 aliphatic rings. The summed E-state index contributed by atoms with van der Waals surface area (Å²) in [7, 11) is 0. The summed E-state index contributed by atoms with van der Waals surface area (Å²) >= 11 is 0. The third-order valence-corrected chi connectivity index (χ3v) is 3.21. The van der Waals surface area contributed by atoms with Crippen molar-refractivity contribution in [2.24, 2.45) is 5.73 Å². The average molecular weight is 279 g/mol. The molecule has 0 saturated heterocycles. The van der Waals surface area contributed by atoms with Crippen LogP contribution in [0.2, 0.25) is 0 Å². The number of nitrogens with two attached hydrogens (primary N) is 1. The van der Waals surface area contributed by atoms with Gasteiger partial charge in [0.2, 0.25) is 0 Å². The first kappa shape index (κ1) is 13.4. The van der Waals surface area contributed by atoms with Gasteiger partial charge in [0.1, 0.15) is 5.75 Å². The second kappa shape index (κ2) is 6.24. The van der Waals surface area contributed by atoms with Crippen LogP contribution in [0.15, 0.2) is 67.1 Å². The van der Waals surface area contributed by atoms with E-state index in [-0.39, 0.29) is 0 Å². The largest absolute Gasteiger partial charge is 0.455 e. The van der Waals surface area contributed by atoms with Gasteiger partial charge in [0, 0.05) is 18.3 Å². The van der Waals surface area contributed by atoms with Gasteiger partial charge >= 0.3 is 0 Å². The molecule has 0 aliphatic heterocycles. The van der Waals surface area contributed by atoms with E-state index in [4.69, 9.17) is 10.5 Å². The van der Waals surface area contributed by atoms with Crippen molar-refractivity contribution < 1.29 is 4.74 Å². The molecule has 4 heteroatoms. The van der Waals surface area contributed by atoms with Gasteiger partial charge in [0.05, 0.1) is 12.0 Å². The molecule has 21 heavy (non-hydrogen) atoms. The Morgan fingerprint density at radius 1 is 1.00 bits per heavy atom. The topological polar surface area (TPSA) is 53.1 Å². The summed E-state index contributed by atoms with van der Waals surface area (Å²) in [6, 6.07) is 17.7. The number of ether oxygens (including phenoxy) is 1. The number of rotatable bonds is 5. The minimum atomic E-state index is 0.591. The Labute approximate surface area is 123 Å². The Morgan fingerprint density at radius 2 is 1.76 bits per heavy atom. The highest BCUT2D eigenvalue weighted by molar-refractivity contribution is 5.49. The fourth-order valence-corrected chi connectivity index (χ4v) is 2.23. The van der Waals surface area contributed by atoms with Gasteiger partial charge in [0.15, 0.2) is 5.75 Å². The molecule has 0 bridgehead atoms. The first-order chi connectivity index (χ1) is 10.4. The quantitative estimate of drug-likeness (QED) is 0.780. The zero-order valence-electron chi connectivity index (χ0n) is 11.6. The zero-order chi connectivity index (χ0) is 14.5. The minimum absolute atomic E-state index is 0.591. The van der Waals surface area contributed by atoms with Crippen LogP contribution in [0.1, 0.15) is 5.69 Å². The van der Waals surface area contributed by atoms with E-state index < -0.39 is 0 Å². The summed E-state index contributed by atoms with van der Waals surface area (Å²) in [5, 5.41) is 0. The average Bonchev–Trinajstić information content (AvgIpc) is 2.97. The number of para-hydroxylation sites is 3. The van der Waals surface area contributed by atoms with Crippen LogP contribution < -0.4 is 10.5 Å². The molecule has 1 aromatic heterocycles. The molecular formula is C17H17N3O. The Morgan fingerprint density at radius 3 is 2.57 bits per heavy atom. The molecule has 3 aromatic rings. The Balaban J connectivity index is 1.98. The highest BCUT2D eigenvalue weighted by Crippen LogP contribution is 2.28. The van der Waals surface area contributed by atoms with Crippen LogP contribution in [-0.2, 0) is 6.42 Å². The minimum Gasteiger partial charge on any atom is -0.455 e. The van der Waals surface area contributed by atoms with Crippen LogP contribution in [0.4, 0.5) is 0 Å². The lowest BCUT2D eigenvalue weighted by molar-refractivity contribution is 0.479. The molecule has 0 atom stereocenters. The van der Waals surface area contributed by atoms with E-state index in [2.05, 4.69) is 4.98 Å². The number of imidazole rings is 1. The van der Waals surface area contributed by atoms with Crippen molar-refractivity contribution in [1.82, 2.24) is 9.55 Å². The van der Waals surface area contributed by atoms with E-state index in [1.165, 1.54) is 0 Å². The van der Waals surface area contributed by atoms with E-state index in [1.807, 2.05) is 65.4 Å². The summed E-state index contributed by atoms with van der Waals surface area (Å²) in [5.41, 5.74) is 7.69. The van der Waals surface area contributed by atoms with Gasteiger partial charge in [-0.1, -0.05) is 30.3 Å². The molecule has 0 radical (unpaired) electrons. The van der Waals surface area contributed by atoms with E-state index in [1.54, 1.807) is 6.33 Å². The standard InChI is InChI=1S/C17H17N3O/c18-11-10-14-12-19-13-20(14)16-8-4-5-9-17(16)21-15-6-2-1-3-7-15/h1-9,12-13H,10-11,18H2. The molecule has 106 valence electrons. The summed E-state index contributed by atoms with van der Waals surface area (Å²) in [6.45, 7) is 0.591. The third-order valence-electron chi connectivity index (χ3n) is 3.21. The van der Waals surface area contributed by atoms with Crippen molar-refractivity contribution in [2.45, 2.75) is 6.42 Å². The third kappa shape index (κ3) is 2.95. The molecule has 0 unspecified atom stereocenters. The second-order valence-electron chi connectivity index (χ2n) is 4.68. The van der Waals surface area contributed by atoms with E-state index in [9.17, 15) is 0 Å². The maximum atomic E-state index is 5.99. The summed E-state index contributed by atoms with van der Waals surface area (Å²) in [5.74, 6) is 1.60. The first-order valence-corrected chi connectivity index (χ1v) is 6.92. The van der Waals surface area contributed by atoms with Gasteiger partial charge in [0.25, 0.3) is 0 Å². The fraction of sp³-hybridized carbons (Fsp3) is 0.118. The highest BCUT2D eigenvalue weighted by atomic mass is 16.5. The van der Waals surface area contributed by atoms with Crippen molar-refractivity contribution in [3.05, 3.63) is 72.8 Å². The van der Waals surface area contributed by atoms with Crippen LogP contribution in [0, 0.1) is 0 Å². The van der Waals surface area contributed by atoms with Gasteiger partial charge in [-0.15, -0.1) is 0 Å². The maximum Gasteiger partial charge on any atom is 0.151 e. The van der Waals surface area contributed by atoms with Gasteiger partial charge in [-0.05, 0) is 30.8 Å². The molecular weight excluding hydrogens is 262 g/mol. The lowest BCUT2D eigenvalue weighted by atomic mass is 10.2. The van der Waals surface area contributed by atoms with Crippen LogP contribution in [0.3, 0.4) is 0 Å². The second-order valence-corrected chi connectivity index (χ2v) is 4.68. The van der Waals surface area contributed by atoms with Crippen molar-refractivity contribution in [2.75, 3.05) is 6.54 Å². The Kier molecular flexibility index (Phi) is 3.98. The molecule has 0 amide bonds. The van der Waals surface area contributed by atoms with Crippen molar-refractivity contribution in [3.8, 4) is 17.2 Å². The fourth-order valence-electron chi connectivity index (χ4n) is 2.23. The highest BCUT2D eigenvalue weighted by Gasteiger charge is 2.09. The van der Waals surface area contributed by atoms with E-state index in [0.29, 0.717) is 6.54 Å². The van der Waals surface area contributed by atoms with Crippen molar-refractivity contribution in [1.29, 1.82) is 0 Å². The lowest BCUT2D eigenvalue weighted by Gasteiger charge is -2.13. The number of nitrogens with zero attached hydrogens (tertiary/aromatic N) is 2. The van der Waals surface area contributed by atoms with Crippen LogP contribution >= 0.6 is 0 Å². The SMILES string of the molecule is NCCc1cncn1-c1ccccc1Oc1ccccc1. The summed E-state index contributed by atoms with van der Waals surface area (Å²) in [4.78, 5) is 4.22. The molecule has 0 fully saturated rings. The van der Waals surface area contributed by atoms with Crippen LogP contribution in [-0.4, -0.2) is 16.1 Å². The number of benzene rings is 2. The molecule has 2 aromatic carbocycles. The molecule has 2 N–H and O–H groups in total. The van der Waals surface area contributed by atoms with E-state index in [0.717, 1.165) is 29.3 Å². The predicted molar refractivity (Wildman–Crippen MR) is 82.8 cm³/mol. The zero-order valence-corrected chi connectivity index (χ0v) is 11.6. The maximum absolute atomic E-state index is 5.99. The Hall–Kier alpha value is -2.59. The first-order valence-electron chi connectivity index (χ1n) is 6.92. The predicted octanol–water partition coefficient (Wildman–Crippen LogP) is 3.17. The van der Waals surface area contributed by atoms with Crippen molar-refractivity contribution >= 4 is 0 Å². The molecule has 0 aliphatic carbocycles. The normalized spacial score (nSPS) is 10.5. The van der Waals surface area contributed by atoms with Gasteiger partial charge < -0.3 is 10.5 Å². The monoisotopic (exact) mass is 279 g/mol. The van der Waals surface area contributed by atoms with Crippen LogP contribution in [0.5, 0.6) is 11.5 Å². The number of aromatic nitrogens is 2. The smallest absolute Gasteiger partial charge is 0.151 e. The van der Waals surface area contributed by atoms with E-state index >= 15 is 0 Å². The molecule has 3 rings (SSSR count). The Bertz CT molecular complexity index is 707. The van der Waals surface area contributed by atoms with Crippen molar-refractivity contribution in [3.63, 3.8) is 0 Å². The molecule has 1 heterocycles. The summed E-state index contributed by atoms with van der Waals surface area (Å²) in [6.07, 6.45) is 4.41. The van der Waals surface area contributed by atoms with Gasteiger partial charge in [-0.2, -0.15) is 0 Å². The number of hydrogen-bond donors (Lipinski definition) is 1. The van der Waals surface area contributed by atoms with Gasteiger partial charge in [-0.25, -0.2) is 4.98 Å². The van der Waals surface area contributed by atoms with Crippen LogP contribution in [0.25, 0.3) is 5.69 Å². The molecule has 4 nitrogen and oxygen atoms in total. The molecule has 0 saturated carbocycles. The lowest BCUT2D eigenvalue weighted by Crippen LogP contribution is -2.08. The van der Waals surface area contributed by atoms with Gasteiger partial charge in [-0.3, -0.25) is 4.57 Å². The molecule has 0 spiro atoms. The summed E-state index contributed by atoms with van der Waals surface area (Å²) < 4.78 is 8.01. The number of hydrogen-bond acceptors (Lipinski definition) is 3.